The minimum atomic E-state index is 0.275. The van der Waals surface area contributed by atoms with Crippen LogP contribution in [0.5, 0.6) is 5.75 Å². The van der Waals surface area contributed by atoms with Gasteiger partial charge in [0.1, 0.15) is 5.75 Å². The van der Waals surface area contributed by atoms with E-state index in [-0.39, 0.29) is 5.75 Å². The molecule has 0 spiro atoms. The van der Waals surface area contributed by atoms with Crippen LogP contribution in [0.25, 0.3) is 10.1 Å². The molecule has 4 heteroatoms. The van der Waals surface area contributed by atoms with E-state index in [2.05, 4.69) is 22.0 Å². The Morgan fingerprint density at radius 2 is 2.29 bits per heavy atom. The molecule has 0 bridgehead atoms. The smallest absolute Gasteiger partial charge is 0.133 e. The minimum Gasteiger partial charge on any atom is -0.506 e. The van der Waals surface area contributed by atoms with Crippen LogP contribution in [0.2, 0.25) is 0 Å². The van der Waals surface area contributed by atoms with Crippen molar-refractivity contribution in [2.45, 2.75) is 6.42 Å². The molecule has 0 saturated carbocycles. The molecule has 0 aliphatic rings. The van der Waals surface area contributed by atoms with Crippen LogP contribution in [-0.4, -0.2) is 5.11 Å². The molecule has 0 fully saturated rings. The van der Waals surface area contributed by atoms with Gasteiger partial charge in [0, 0.05) is 15.2 Å². The third kappa shape index (κ3) is 1.39. The standard InChI is InChI=1S/C10H6BrNOS/c11-7-5-14-10-8(13)2-1-6(3-4-12)9(7)10/h1-2,5,13H,3H2. The summed E-state index contributed by atoms with van der Waals surface area (Å²) in [6.45, 7) is 0. The lowest BCUT2D eigenvalue weighted by Crippen LogP contribution is -1.82. The van der Waals surface area contributed by atoms with Crippen molar-refractivity contribution in [3.8, 4) is 11.8 Å². The number of aromatic hydroxyl groups is 1. The van der Waals surface area contributed by atoms with E-state index in [1.807, 2.05) is 5.38 Å². The second-order valence-corrected chi connectivity index (χ2v) is 4.60. The molecule has 0 radical (unpaired) electrons. The van der Waals surface area contributed by atoms with Crippen LogP contribution < -0.4 is 0 Å². The lowest BCUT2D eigenvalue weighted by Gasteiger charge is -2.00. The van der Waals surface area contributed by atoms with Gasteiger partial charge in [0.05, 0.1) is 17.2 Å². The normalized spacial score (nSPS) is 10.3. The summed E-state index contributed by atoms with van der Waals surface area (Å²) in [7, 11) is 0. The molecule has 0 aliphatic heterocycles. The number of phenols is 1. The fraction of sp³-hybridized carbons (Fsp3) is 0.100. The number of rotatable bonds is 1. The molecular formula is C10H6BrNOS. The second kappa shape index (κ2) is 3.60. The van der Waals surface area contributed by atoms with E-state index in [4.69, 9.17) is 5.26 Å². The van der Waals surface area contributed by atoms with Gasteiger partial charge in [0.15, 0.2) is 0 Å². The maximum atomic E-state index is 9.58. The van der Waals surface area contributed by atoms with Crippen molar-refractivity contribution in [1.82, 2.24) is 0 Å². The Kier molecular flexibility index (Phi) is 2.44. The Labute approximate surface area is 93.5 Å². The van der Waals surface area contributed by atoms with Gasteiger partial charge in [-0.25, -0.2) is 0 Å². The van der Waals surface area contributed by atoms with Gasteiger partial charge >= 0.3 is 0 Å². The van der Waals surface area contributed by atoms with Gasteiger partial charge in [0.2, 0.25) is 0 Å². The molecule has 2 aromatic rings. The van der Waals surface area contributed by atoms with Crippen LogP contribution >= 0.6 is 27.3 Å². The first-order chi connectivity index (χ1) is 6.74. The molecule has 1 heterocycles. The van der Waals surface area contributed by atoms with E-state index in [9.17, 15) is 5.11 Å². The molecule has 1 N–H and O–H groups in total. The number of benzene rings is 1. The van der Waals surface area contributed by atoms with E-state index in [1.165, 1.54) is 11.3 Å². The van der Waals surface area contributed by atoms with Crippen molar-refractivity contribution in [1.29, 1.82) is 5.26 Å². The number of hydrogen-bond donors (Lipinski definition) is 1. The quantitative estimate of drug-likeness (QED) is 0.861. The molecular weight excluding hydrogens is 262 g/mol. The summed E-state index contributed by atoms with van der Waals surface area (Å²) >= 11 is 4.89. The van der Waals surface area contributed by atoms with Crippen molar-refractivity contribution in [2.24, 2.45) is 0 Å². The Morgan fingerprint density at radius 3 is 3.00 bits per heavy atom. The first-order valence-corrected chi connectivity index (χ1v) is 5.66. The average molecular weight is 268 g/mol. The van der Waals surface area contributed by atoms with Crippen molar-refractivity contribution in [2.75, 3.05) is 0 Å². The van der Waals surface area contributed by atoms with E-state index >= 15 is 0 Å². The number of halogens is 1. The van der Waals surface area contributed by atoms with E-state index in [1.54, 1.807) is 12.1 Å². The summed E-state index contributed by atoms with van der Waals surface area (Å²) < 4.78 is 1.78. The Bertz CT molecular complexity index is 527. The topological polar surface area (TPSA) is 44.0 Å². The van der Waals surface area contributed by atoms with Gasteiger partial charge in [-0.05, 0) is 27.6 Å². The summed E-state index contributed by atoms with van der Waals surface area (Å²) in [6, 6.07) is 5.54. The third-order valence-corrected chi connectivity index (χ3v) is 3.94. The van der Waals surface area contributed by atoms with Crippen molar-refractivity contribution < 1.29 is 5.11 Å². The first-order valence-electron chi connectivity index (χ1n) is 3.98. The Balaban J connectivity index is 2.80. The Morgan fingerprint density at radius 1 is 1.50 bits per heavy atom. The largest absolute Gasteiger partial charge is 0.506 e. The highest BCUT2D eigenvalue weighted by molar-refractivity contribution is 9.10. The molecule has 1 aromatic carbocycles. The predicted molar refractivity (Wildman–Crippen MR) is 60.5 cm³/mol. The van der Waals surface area contributed by atoms with Crippen molar-refractivity contribution in [3.05, 3.63) is 27.5 Å². The number of hydrogen-bond acceptors (Lipinski definition) is 3. The Hall–Kier alpha value is -1.05. The maximum absolute atomic E-state index is 9.58. The van der Waals surface area contributed by atoms with Gasteiger partial charge in [-0.3, -0.25) is 0 Å². The average Bonchev–Trinajstić information content (AvgIpc) is 2.55. The van der Waals surface area contributed by atoms with Crippen molar-refractivity contribution in [3.63, 3.8) is 0 Å². The molecule has 0 unspecified atom stereocenters. The van der Waals surface area contributed by atoms with Crippen molar-refractivity contribution >= 4 is 37.4 Å². The predicted octanol–water partition coefficient (Wildman–Crippen LogP) is 3.44. The SMILES string of the molecule is N#CCc1ccc(O)c2scc(Br)c12. The monoisotopic (exact) mass is 267 g/mol. The lowest BCUT2D eigenvalue weighted by molar-refractivity contribution is 0.482. The van der Waals surface area contributed by atoms with E-state index < -0.39 is 0 Å². The fourth-order valence-electron chi connectivity index (χ4n) is 1.40. The molecule has 0 aliphatic carbocycles. The van der Waals surface area contributed by atoms with Gasteiger partial charge in [-0.2, -0.15) is 5.26 Å². The summed E-state index contributed by atoms with van der Waals surface area (Å²) in [6.07, 6.45) is 0.367. The number of nitrogens with zero attached hydrogens (tertiary/aromatic N) is 1. The number of fused-ring (bicyclic) bond motifs is 1. The summed E-state index contributed by atoms with van der Waals surface area (Å²) in [4.78, 5) is 0. The first kappa shape index (κ1) is 9.50. The number of phenolic OH excluding ortho intramolecular Hbond substituents is 1. The van der Waals surface area contributed by atoms with Crippen LogP contribution in [0.4, 0.5) is 0 Å². The molecule has 1 aromatic heterocycles. The van der Waals surface area contributed by atoms with E-state index in [0.717, 1.165) is 20.1 Å². The summed E-state index contributed by atoms with van der Waals surface area (Å²) in [5, 5.41) is 21.1. The maximum Gasteiger partial charge on any atom is 0.133 e. The third-order valence-electron chi connectivity index (χ3n) is 2.01. The molecule has 2 nitrogen and oxygen atoms in total. The van der Waals surface area contributed by atoms with Gasteiger partial charge in [-0.15, -0.1) is 11.3 Å². The van der Waals surface area contributed by atoms with Crippen LogP contribution in [0.1, 0.15) is 5.56 Å². The highest BCUT2D eigenvalue weighted by atomic mass is 79.9. The molecule has 70 valence electrons. The number of thiophene rings is 1. The molecule has 2 rings (SSSR count). The molecule has 0 saturated heterocycles. The van der Waals surface area contributed by atoms with Crippen LogP contribution in [-0.2, 0) is 6.42 Å². The molecule has 14 heavy (non-hydrogen) atoms. The second-order valence-electron chi connectivity index (χ2n) is 2.87. The van der Waals surface area contributed by atoms with Gasteiger partial charge in [0.25, 0.3) is 0 Å². The summed E-state index contributed by atoms with van der Waals surface area (Å²) in [5.41, 5.74) is 0.952. The van der Waals surface area contributed by atoms with Crippen LogP contribution in [0.3, 0.4) is 0 Å². The van der Waals surface area contributed by atoms with E-state index in [0.29, 0.717) is 6.42 Å². The van der Waals surface area contributed by atoms with Gasteiger partial charge < -0.3 is 5.11 Å². The van der Waals surface area contributed by atoms with Crippen LogP contribution in [0, 0.1) is 11.3 Å². The zero-order chi connectivity index (χ0) is 10.1. The zero-order valence-electron chi connectivity index (χ0n) is 7.12. The fourth-order valence-corrected chi connectivity index (χ4v) is 3.15. The molecule has 0 amide bonds. The minimum absolute atomic E-state index is 0.275. The highest BCUT2D eigenvalue weighted by Crippen LogP contribution is 2.38. The summed E-state index contributed by atoms with van der Waals surface area (Å²) in [5.74, 6) is 0.275. The highest BCUT2D eigenvalue weighted by Gasteiger charge is 2.10. The number of nitriles is 1. The molecule has 0 atom stereocenters. The lowest BCUT2D eigenvalue weighted by atomic mass is 10.1. The van der Waals surface area contributed by atoms with Crippen LogP contribution in [0.15, 0.2) is 22.0 Å². The zero-order valence-corrected chi connectivity index (χ0v) is 9.52. The van der Waals surface area contributed by atoms with Gasteiger partial charge in [-0.1, -0.05) is 6.07 Å².